The summed E-state index contributed by atoms with van der Waals surface area (Å²) in [7, 11) is 2.02. The van der Waals surface area contributed by atoms with Crippen LogP contribution in [0, 0.1) is 0 Å². The highest BCUT2D eigenvalue weighted by molar-refractivity contribution is 5.51. The Balaban J connectivity index is 2.14. The van der Waals surface area contributed by atoms with Gasteiger partial charge in [0.05, 0.1) is 6.61 Å². The van der Waals surface area contributed by atoms with Gasteiger partial charge in [-0.1, -0.05) is 31.2 Å². The monoisotopic (exact) mass is 285 g/mol. The van der Waals surface area contributed by atoms with Crippen LogP contribution in [0.15, 0.2) is 42.5 Å². The first kappa shape index (κ1) is 15.2. The predicted molar refractivity (Wildman–Crippen MR) is 87.2 cm³/mol. The third kappa shape index (κ3) is 3.69. The predicted octanol–water partition coefficient (Wildman–Crippen LogP) is 3.99. The molecule has 21 heavy (non-hydrogen) atoms. The van der Waals surface area contributed by atoms with E-state index in [-0.39, 0.29) is 5.75 Å². The molecule has 0 aliphatic rings. The summed E-state index contributed by atoms with van der Waals surface area (Å²) in [4.78, 5) is 2.12. The van der Waals surface area contributed by atoms with Crippen molar-refractivity contribution in [1.82, 2.24) is 0 Å². The van der Waals surface area contributed by atoms with Gasteiger partial charge in [-0.2, -0.15) is 0 Å². The number of phenols is 1. The quantitative estimate of drug-likeness (QED) is 0.871. The van der Waals surface area contributed by atoms with Crippen LogP contribution in [0.5, 0.6) is 11.5 Å². The van der Waals surface area contributed by atoms with Crippen molar-refractivity contribution in [2.75, 3.05) is 18.6 Å². The summed E-state index contributed by atoms with van der Waals surface area (Å²) in [5, 5.41) is 10.2. The summed E-state index contributed by atoms with van der Waals surface area (Å²) in [5.41, 5.74) is 3.32. The maximum atomic E-state index is 10.2. The van der Waals surface area contributed by atoms with Gasteiger partial charge in [0.1, 0.15) is 0 Å². The van der Waals surface area contributed by atoms with Crippen LogP contribution in [0.2, 0.25) is 0 Å². The summed E-state index contributed by atoms with van der Waals surface area (Å²) in [6.45, 7) is 5.24. The molecule has 2 rings (SSSR count). The number of hydrogen-bond donors (Lipinski definition) is 1. The Bertz CT molecular complexity index is 578. The van der Waals surface area contributed by atoms with Crippen LogP contribution in [-0.2, 0) is 13.0 Å². The van der Waals surface area contributed by atoms with Crippen LogP contribution in [0.3, 0.4) is 0 Å². The van der Waals surface area contributed by atoms with Gasteiger partial charge in [-0.3, -0.25) is 0 Å². The van der Waals surface area contributed by atoms with Gasteiger partial charge in [-0.05, 0) is 37.1 Å². The Morgan fingerprint density at radius 1 is 1.05 bits per heavy atom. The van der Waals surface area contributed by atoms with Crippen LogP contribution >= 0.6 is 0 Å². The number of ether oxygens (including phenoxy) is 1. The smallest absolute Gasteiger partial charge is 0.162 e. The van der Waals surface area contributed by atoms with Gasteiger partial charge >= 0.3 is 0 Å². The van der Waals surface area contributed by atoms with Crippen molar-refractivity contribution in [2.45, 2.75) is 26.8 Å². The molecule has 0 unspecified atom stereocenters. The molecule has 0 aromatic heterocycles. The van der Waals surface area contributed by atoms with E-state index in [2.05, 4.69) is 36.1 Å². The Hall–Kier alpha value is -2.16. The average Bonchev–Trinajstić information content (AvgIpc) is 2.51. The number of aryl methyl sites for hydroxylation is 1. The van der Waals surface area contributed by atoms with Crippen molar-refractivity contribution in [3.05, 3.63) is 53.6 Å². The number of para-hydroxylation sites is 1. The van der Waals surface area contributed by atoms with Crippen molar-refractivity contribution < 1.29 is 9.84 Å². The zero-order chi connectivity index (χ0) is 15.2. The average molecular weight is 285 g/mol. The molecule has 0 saturated heterocycles. The van der Waals surface area contributed by atoms with Crippen molar-refractivity contribution in [3.63, 3.8) is 0 Å². The first-order chi connectivity index (χ1) is 10.2. The molecule has 3 heteroatoms. The molecule has 2 aromatic carbocycles. The largest absolute Gasteiger partial charge is 0.504 e. The third-order valence-electron chi connectivity index (χ3n) is 3.58. The van der Waals surface area contributed by atoms with Gasteiger partial charge in [-0.25, -0.2) is 0 Å². The lowest BCUT2D eigenvalue weighted by Gasteiger charge is -2.21. The van der Waals surface area contributed by atoms with Gasteiger partial charge in [0.2, 0.25) is 0 Å². The lowest BCUT2D eigenvalue weighted by molar-refractivity contribution is 0.316. The molecular formula is C18H23NO2. The maximum Gasteiger partial charge on any atom is 0.162 e. The molecule has 112 valence electrons. The SMILES string of the molecule is CCOc1cccc(CN(C)c2ccc(CC)cc2)c1O. The van der Waals surface area contributed by atoms with E-state index in [4.69, 9.17) is 4.74 Å². The van der Waals surface area contributed by atoms with E-state index in [1.165, 1.54) is 5.56 Å². The van der Waals surface area contributed by atoms with Gasteiger partial charge in [0.25, 0.3) is 0 Å². The van der Waals surface area contributed by atoms with Crippen LogP contribution in [-0.4, -0.2) is 18.8 Å². The molecule has 3 nitrogen and oxygen atoms in total. The van der Waals surface area contributed by atoms with Crippen LogP contribution in [0.25, 0.3) is 0 Å². The molecule has 0 amide bonds. The molecule has 0 heterocycles. The van der Waals surface area contributed by atoms with Crippen molar-refractivity contribution >= 4 is 5.69 Å². The fourth-order valence-electron chi connectivity index (χ4n) is 2.30. The molecule has 0 fully saturated rings. The summed E-state index contributed by atoms with van der Waals surface area (Å²) in [6, 6.07) is 14.1. The highest BCUT2D eigenvalue weighted by Gasteiger charge is 2.10. The standard InChI is InChI=1S/C18H23NO2/c1-4-14-9-11-16(12-10-14)19(3)13-15-7-6-8-17(18(15)20)21-5-2/h6-12,20H,4-5,13H2,1-3H3. The topological polar surface area (TPSA) is 32.7 Å². The van der Waals surface area contributed by atoms with E-state index in [9.17, 15) is 5.11 Å². The Kier molecular flexibility index (Phi) is 5.09. The summed E-state index contributed by atoms with van der Waals surface area (Å²) < 4.78 is 5.43. The van der Waals surface area contributed by atoms with Crippen LogP contribution in [0.4, 0.5) is 5.69 Å². The fourth-order valence-corrected chi connectivity index (χ4v) is 2.30. The van der Waals surface area contributed by atoms with Crippen molar-refractivity contribution in [3.8, 4) is 11.5 Å². The van der Waals surface area contributed by atoms with Gasteiger partial charge in [-0.15, -0.1) is 0 Å². The Morgan fingerprint density at radius 3 is 2.38 bits per heavy atom. The third-order valence-corrected chi connectivity index (χ3v) is 3.58. The Morgan fingerprint density at radius 2 is 1.76 bits per heavy atom. The van der Waals surface area contributed by atoms with Crippen LogP contribution < -0.4 is 9.64 Å². The highest BCUT2D eigenvalue weighted by Crippen LogP contribution is 2.31. The number of nitrogens with zero attached hydrogens (tertiary/aromatic N) is 1. The van der Waals surface area contributed by atoms with E-state index in [0.29, 0.717) is 18.9 Å². The minimum Gasteiger partial charge on any atom is -0.504 e. The highest BCUT2D eigenvalue weighted by atomic mass is 16.5. The molecule has 0 aliphatic carbocycles. The number of hydrogen-bond acceptors (Lipinski definition) is 3. The molecule has 0 saturated carbocycles. The zero-order valence-corrected chi connectivity index (χ0v) is 13.0. The summed E-state index contributed by atoms with van der Waals surface area (Å²) in [6.07, 6.45) is 1.04. The first-order valence-electron chi connectivity index (χ1n) is 7.39. The second-order valence-electron chi connectivity index (χ2n) is 5.07. The van der Waals surface area contributed by atoms with E-state index >= 15 is 0 Å². The molecule has 0 radical (unpaired) electrons. The van der Waals surface area contributed by atoms with E-state index in [1.807, 2.05) is 26.1 Å². The summed E-state index contributed by atoms with van der Waals surface area (Å²) >= 11 is 0. The van der Waals surface area contributed by atoms with E-state index < -0.39 is 0 Å². The van der Waals surface area contributed by atoms with Crippen molar-refractivity contribution in [2.24, 2.45) is 0 Å². The number of anilines is 1. The number of benzene rings is 2. The molecule has 1 N–H and O–H groups in total. The zero-order valence-electron chi connectivity index (χ0n) is 13.0. The second-order valence-corrected chi connectivity index (χ2v) is 5.07. The van der Waals surface area contributed by atoms with E-state index in [0.717, 1.165) is 17.7 Å². The van der Waals surface area contributed by atoms with Crippen LogP contribution in [0.1, 0.15) is 25.0 Å². The number of phenolic OH excluding ortho intramolecular Hbond substituents is 1. The molecule has 0 atom stereocenters. The molecule has 2 aromatic rings. The minimum atomic E-state index is 0.233. The van der Waals surface area contributed by atoms with Gasteiger partial charge < -0.3 is 14.7 Å². The lowest BCUT2D eigenvalue weighted by atomic mass is 10.1. The first-order valence-corrected chi connectivity index (χ1v) is 7.39. The summed E-state index contributed by atoms with van der Waals surface area (Å²) in [5.74, 6) is 0.779. The molecule has 0 spiro atoms. The van der Waals surface area contributed by atoms with Gasteiger partial charge in [0.15, 0.2) is 11.5 Å². The number of rotatable bonds is 6. The second kappa shape index (κ2) is 7.02. The minimum absolute atomic E-state index is 0.233. The lowest BCUT2D eigenvalue weighted by Crippen LogP contribution is -2.16. The van der Waals surface area contributed by atoms with Crippen molar-refractivity contribution in [1.29, 1.82) is 0 Å². The normalized spacial score (nSPS) is 10.4. The van der Waals surface area contributed by atoms with E-state index in [1.54, 1.807) is 6.07 Å². The number of aromatic hydroxyl groups is 1. The van der Waals surface area contributed by atoms with Gasteiger partial charge in [0, 0.05) is 24.8 Å². The Labute approximate surface area is 126 Å². The fraction of sp³-hybridized carbons (Fsp3) is 0.333. The molecule has 0 bridgehead atoms. The molecule has 0 aliphatic heterocycles. The molecular weight excluding hydrogens is 262 g/mol. The maximum absolute atomic E-state index is 10.2.